The van der Waals surface area contributed by atoms with Crippen LogP contribution in [0.15, 0.2) is 30.3 Å². The maximum absolute atomic E-state index is 12.4. The normalized spacial score (nSPS) is 26.7. The number of aliphatic hydroxyl groups excluding tert-OH is 1. The Morgan fingerprint density at radius 1 is 1.19 bits per heavy atom. The molecule has 2 amide bonds. The van der Waals surface area contributed by atoms with Crippen molar-refractivity contribution in [3.63, 3.8) is 0 Å². The van der Waals surface area contributed by atoms with Crippen LogP contribution >= 0.6 is 0 Å². The number of hydrogen-bond donors (Lipinski definition) is 3. The van der Waals surface area contributed by atoms with Gasteiger partial charge < -0.3 is 20.5 Å². The van der Waals surface area contributed by atoms with Crippen molar-refractivity contribution in [2.75, 3.05) is 6.61 Å². The molecule has 1 saturated heterocycles. The SMILES string of the molecule is C[C@H](NC(=O)C[C@H]1CC[C@@H](NC(=O)C2CCC2)[C@H](CO)O1)c1ccccc1. The van der Waals surface area contributed by atoms with Gasteiger partial charge in [-0.05, 0) is 38.2 Å². The lowest BCUT2D eigenvalue weighted by molar-refractivity contribution is -0.139. The summed E-state index contributed by atoms with van der Waals surface area (Å²) in [5.41, 5.74) is 1.06. The molecule has 3 rings (SSSR count). The van der Waals surface area contributed by atoms with Crippen molar-refractivity contribution in [2.24, 2.45) is 5.92 Å². The van der Waals surface area contributed by atoms with Gasteiger partial charge in [0, 0.05) is 5.92 Å². The molecule has 1 aliphatic heterocycles. The highest BCUT2D eigenvalue weighted by Crippen LogP contribution is 2.28. The van der Waals surface area contributed by atoms with Crippen LogP contribution in [-0.4, -0.2) is 41.8 Å². The first kappa shape index (κ1) is 19.8. The third-order valence-corrected chi connectivity index (χ3v) is 5.69. The van der Waals surface area contributed by atoms with Crippen LogP contribution in [0.25, 0.3) is 0 Å². The van der Waals surface area contributed by atoms with Crippen LogP contribution in [0.3, 0.4) is 0 Å². The monoisotopic (exact) mass is 374 g/mol. The number of carbonyl (C=O) groups excluding carboxylic acids is 2. The molecule has 1 aliphatic carbocycles. The number of hydrogen-bond acceptors (Lipinski definition) is 4. The van der Waals surface area contributed by atoms with Crippen LogP contribution in [-0.2, 0) is 14.3 Å². The van der Waals surface area contributed by atoms with Gasteiger partial charge in [-0.2, -0.15) is 0 Å². The molecular weight excluding hydrogens is 344 g/mol. The molecular formula is C21H30N2O4. The Morgan fingerprint density at radius 2 is 1.93 bits per heavy atom. The van der Waals surface area contributed by atoms with Gasteiger partial charge in [0.25, 0.3) is 0 Å². The summed E-state index contributed by atoms with van der Waals surface area (Å²) in [6.45, 7) is 1.80. The third kappa shape index (κ3) is 5.30. The summed E-state index contributed by atoms with van der Waals surface area (Å²) < 4.78 is 5.91. The Labute approximate surface area is 160 Å². The number of amides is 2. The molecule has 6 heteroatoms. The smallest absolute Gasteiger partial charge is 0.223 e. The predicted octanol–water partition coefficient (Wildman–Crippen LogP) is 2.08. The third-order valence-electron chi connectivity index (χ3n) is 5.69. The molecule has 0 radical (unpaired) electrons. The van der Waals surface area contributed by atoms with E-state index in [1.54, 1.807) is 0 Å². The van der Waals surface area contributed by atoms with Crippen LogP contribution in [0.4, 0.5) is 0 Å². The largest absolute Gasteiger partial charge is 0.394 e. The number of rotatable bonds is 7. The minimum atomic E-state index is -0.452. The van der Waals surface area contributed by atoms with Gasteiger partial charge in [0.2, 0.25) is 11.8 Å². The fourth-order valence-corrected chi connectivity index (χ4v) is 3.75. The molecule has 1 heterocycles. The molecule has 1 saturated carbocycles. The fraction of sp³-hybridized carbons (Fsp3) is 0.619. The van der Waals surface area contributed by atoms with E-state index in [2.05, 4.69) is 10.6 Å². The number of ether oxygens (including phenoxy) is 1. The van der Waals surface area contributed by atoms with E-state index in [0.717, 1.165) is 31.2 Å². The molecule has 27 heavy (non-hydrogen) atoms. The second kappa shape index (κ2) is 9.33. The highest BCUT2D eigenvalue weighted by molar-refractivity contribution is 5.79. The van der Waals surface area contributed by atoms with Crippen molar-refractivity contribution in [3.05, 3.63) is 35.9 Å². The lowest BCUT2D eigenvalue weighted by Gasteiger charge is -2.37. The molecule has 3 N–H and O–H groups in total. The topological polar surface area (TPSA) is 87.7 Å². The molecule has 0 spiro atoms. The molecule has 148 valence electrons. The van der Waals surface area contributed by atoms with E-state index in [1.807, 2.05) is 37.3 Å². The first-order chi connectivity index (χ1) is 13.1. The van der Waals surface area contributed by atoms with Crippen molar-refractivity contribution >= 4 is 11.8 Å². The summed E-state index contributed by atoms with van der Waals surface area (Å²) >= 11 is 0. The zero-order valence-electron chi connectivity index (χ0n) is 15.9. The van der Waals surface area contributed by atoms with Crippen LogP contribution in [0.2, 0.25) is 0 Å². The van der Waals surface area contributed by atoms with Crippen molar-refractivity contribution in [3.8, 4) is 0 Å². The predicted molar refractivity (Wildman–Crippen MR) is 102 cm³/mol. The zero-order chi connectivity index (χ0) is 19.2. The number of nitrogens with one attached hydrogen (secondary N) is 2. The Bertz CT molecular complexity index is 632. The fourth-order valence-electron chi connectivity index (χ4n) is 3.75. The molecule has 0 aromatic heterocycles. The maximum atomic E-state index is 12.4. The van der Waals surface area contributed by atoms with Gasteiger partial charge in [-0.25, -0.2) is 0 Å². The van der Waals surface area contributed by atoms with E-state index in [1.165, 1.54) is 0 Å². The van der Waals surface area contributed by atoms with Crippen LogP contribution in [0.1, 0.15) is 57.1 Å². The second-order valence-electron chi connectivity index (χ2n) is 7.70. The Morgan fingerprint density at radius 3 is 2.56 bits per heavy atom. The van der Waals surface area contributed by atoms with Gasteiger partial charge in [0.1, 0.15) is 6.10 Å². The van der Waals surface area contributed by atoms with Crippen LogP contribution < -0.4 is 10.6 Å². The quantitative estimate of drug-likeness (QED) is 0.682. The Kier molecular flexibility index (Phi) is 6.85. The molecule has 1 aromatic rings. The van der Waals surface area contributed by atoms with E-state index in [9.17, 15) is 14.7 Å². The first-order valence-electron chi connectivity index (χ1n) is 9.97. The van der Waals surface area contributed by atoms with Crippen molar-refractivity contribution in [1.82, 2.24) is 10.6 Å². The van der Waals surface area contributed by atoms with E-state index in [0.29, 0.717) is 6.42 Å². The number of aliphatic hydroxyl groups is 1. The lowest BCUT2D eigenvalue weighted by Crippen LogP contribution is -2.53. The molecule has 4 atom stereocenters. The minimum absolute atomic E-state index is 0.0644. The summed E-state index contributed by atoms with van der Waals surface area (Å²) in [4.78, 5) is 24.5. The Hall–Kier alpha value is -1.92. The molecule has 2 fully saturated rings. The molecule has 0 bridgehead atoms. The van der Waals surface area contributed by atoms with E-state index in [-0.39, 0.29) is 48.9 Å². The molecule has 2 aliphatic rings. The van der Waals surface area contributed by atoms with E-state index >= 15 is 0 Å². The number of carbonyl (C=O) groups is 2. The number of benzene rings is 1. The minimum Gasteiger partial charge on any atom is -0.394 e. The molecule has 6 nitrogen and oxygen atoms in total. The van der Waals surface area contributed by atoms with Crippen LogP contribution in [0, 0.1) is 5.92 Å². The summed E-state index contributed by atoms with van der Waals surface area (Å²) in [6, 6.07) is 9.58. The summed E-state index contributed by atoms with van der Waals surface area (Å²) in [5.74, 6) is 0.124. The highest BCUT2D eigenvalue weighted by Gasteiger charge is 2.35. The first-order valence-corrected chi connectivity index (χ1v) is 9.97. The van der Waals surface area contributed by atoms with Gasteiger partial charge in [0.05, 0.1) is 31.2 Å². The van der Waals surface area contributed by atoms with Gasteiger partial charge in [0.15, 0.2) is 0 Å². The Balaban J connectivity index is 1.46. The average Bonchev–Trinajstić information content (AvgIpc) is 2.62. The van der Waals surface area contributed by atoms with Gasteiger partial charge in [-0.1, -0.05) is 36.8 Å². The zero-order valence-corrected chi connectivity index (χ0v) is 15.9. The molecule has 0 unspecified atom stereocenters. The standard InChI is InChI=1S/C21H30N2O4/c1-14(15-6-3-2-4-7-15)22-20(25)12-17-10-11-18(19(13-24)27-17)23-21(26)16-8-5-9-16/h2-4,6-7,14,16-19,24H,5,8-13H2,1H3,(H,22,25)(H,23,26)/t14-,17+,18+,19-/m0/s1. The second-order valence-corrected chi connectivity index (χ2v) is 7.70. The lowest BCUT2D eigenvalue weighted by atomic mass is 9.84. The van der Waals surface area contributed by atoms with Gasteiger partial charge >= 0.3 is 0 Å². The van der Waals surface area contributed by atoms with E-state index < -0.39 is 6.10 Å². The van der Waals surface area contributed by atoms with E-state index in [4.69, 9.17) is 4.74 Å². The van der Waals surface area contributed by atoms with Gasteiger partial charge in [-0.3, -0.25) is 9.59 Å². The summed E-state index contributed by atoms with van der Waals surface area (Å²) in [7, 11) is 0. The maximum Gasteiger partial charge on any atom is 0.223 e. The van der Waals surface area contributed by atoms with Crippen molar-refractivity contribution in [1.29, 1.82) is 0 Å². The van der Waals surface area contributed by atoms with Crippen molar-refractivity contribution < 1.29 is 19.4 Å². The average molecular weight is 374 g/mol. The highest BCUT2D eigenvalue weighted by atomic mass is 16.5. The summed E-state index contributed by atoms with van der Waals surface area (Å²) in [5, 5.41) is 15.7. The van der Waals surface area contributed by atoms with Crippen LogP contribution in [0.5, 0.6) is 0 Å². The summed E-state index contributed by atoms with van der Waals surface area (Å²) in [6.07, 6.45) is 4.00. The molecule has 1 aromatic carbocycles. The van der Waals surface area contributed by atoms with Crippen molar-refractivity contribution in [2.45, 2.75) is 69.7 Å². The van der Waals surface area contributed by atoms with Gasteiger partial charge in [-0.15, -0.1) is 0 Å².